The van der Waals surface area contributed by atoms with Crippen LogP contribution in [0, 0.1) is 0 Å². The number of nitrogen functional groups attached to an aromatic ring is 1. The standard InChI is InChI=1S/C12H15ClN4/c1-16(2)11-6-8(4-5-10(11)13)9-7-15-17(3)12(9)14/h4-7H,14H2,1-3H3. The first-order valence-electron chi connectivity index (χ1n) is 5.25. The minimum Gasteiger partial charge on any atom is -0.383 e. The Morgan fingerprint density at radius 3 is 2.59 bits per heavy atom. The third-order valence-electron chi connectivity index (χ3n) is 2.72. The van der Waals surface area contributed by atoms with Crippen molar-refractivity contribution in [3.8, 4) is 11.1 Å². The summed E-state index contributed by atoms with van der Waals surface area (Å²) in [5.74, 6) is 0.650. The van der Waals surface area contributed by atoms with Crippen LogP contribution in [0.1, 0.15) is 0 Å². The van der Waals surface area contributed by atoms with E-state index in [4.69, 9.17) is 17.3 Å². The molecule has 0 saturated carbocycles. The summed E-state index contributed by atoms with van der Waals surface area (Å²) in [4.78, 5) is 1.97. The van der Waals surface area contributed by atoms with Crippen LogP contribution in [0.15, 0.2) is 24.4 Å². The normalized spacial score (nSPS) is 10.6. The van der Waals surface area contributed by atoms with Gasteiger partial charge in [0.05, 0.1) is 16.9 Å². The van der Waals surface area contributed by atoms with Crippen LogP contribution in [0.25, 0.3) is 11.1 Å². The Morgan fingerprint density at radius 2 is 2.06 bits per heavy atom. The van der Waals surface area contributed by atoms with E-state index in [9.17, 15) is 0 Å². The van der Waals surface area contributed by atoms with Crippen molar-refractivity contribution in [1.82, 2.24) is 9.78 Å². The molecular weight excluding hydrogens is 236 g/mol. The first kappa shape index (κ1) is 11.8. The van der Waals surface area contributed by atoms with Crippen LogP contribution in [-0.4, -0.2) is 23.9 Å². The maximum Gasteiger partial charge on any atom is 0.129 e. The van der Waals surface area contributed by atoms with Gasteiger partial charge in [0, 0.05) is 26.7 Å². The van der Waals surface area contributed by atoms with Crippen LogP contribution in [-0.2, 0) is 7.05 Å². The van der Waals surface area contributed by atoms with E-state index < -0.39 is 0 Å². The van der Waals surface area contributed by atoms with Crippen molar-refractivity contribution in [2.24, 2.45) is 7.05 Å². The molecule has 0 amide bonds. The minimum atomic E-state index is 0.650. The van der Waals surface area contributed by atoms with E-state index in [1.54, 1.807) is 10.9 Å². The maximum absolute atomic E-state index is 6.13. The fourth-order valence-corrected chi connectivity index (χ4v) is 1.98. The number of aryl methyl sites for hydroxylation is 1. The van der Waals surface area contributed by atoms with E-state index in [0.29, 0.717) is 5.82 Å². The number of benzene rings is 1. The van der Waals surface area contributed by atoms with Gasteiger partial charge in [-0.1, -0.05) is 17.7 Å². The van der Waals surface area contributed by atoms with Gasteiger partial charge in [0.25, 0.3) is 0 Å². The molecule has 2 aromatic rings. The van der Waals surface area contributed by atoms with Gasteiger partial charge in [-0.15, -0.1) is 0 Å². The second-order valence-corrected chi connectivity index (χ2v) is 4.53. The summed E-state index contributed by atoms with van der Waals surface area (Å²) >= 11 is 6.13. The van der Waals surface area contributed by atoms with Gasteiger partial charge in [-0.2, -0.15) is 5.10 Å². The number of aromatic nitrogens is 2. The van der Waals surface area contributed by atoms with Gasteiger partial charge in [-0.05, 0) is 17.7 Å². The van der Waals surface area contributed by atoms with Gasteiger partial charge in [0.2, 0.25) is 0 Å². The van der Waals surface area contributed by atoms with Crippen LogP contribution in [0.3, 0.4) is 0 Å². The third kappa shape index (κ3) is 2.08. The predicted molar refractivity (Wildman–Crippen MR) is 72.4 cm³/mol. The molecule has 5 heteroatoms. The molecule has 2 N–H and O–H groups in total. The summed E-state index contributed by atoms with van der Waals surface area (Å²) < 4.78 is 1.65. The van der Waals surface area contributed by atoms with Crippen molar-refractivity contribution >= 4 is 23.1 Å². The molecule has 2 rings (SSSR count). The zero-order chi connectivity index (χ0) is 12.6. The Labute approximate surface area is 106 Å². The molecule has 0 atom stereocenters. The van der Waals surface area contributed by atoms with Gasteiger partial charge >= 0.3 is 0 Å². The maximum atomic E-state index is 6.13. The average Bonchev–Trinajstić information content (AvgIpc) is 2.60. The smallest absolute Gasteiger partial charge is 0.129 e. The summed E-state index contributed by atoms with van der Waals surface area (Å²) in [6.45, 7) is 0. The molecule has 4 nitrogen and oxygen atoms in total. The fourth-order valence-electron chi connectivity index (χ4n) is 1.69. The Bertz CT molecular complexity index is 545. The van der Waals surface area contributed by atoms with Crippen molar-refractivity contribution in [2.75, 3.05) is 24.7 Å². The fraction of sp³-hybridized carbons (Fsp3) is 0.250. The second kappa shape index (κ2) is 4.30. The molecule has 0 bridgehead atoms. The van der Waals surface area contributed by atoms with Crippen molar-refractivity contribution in [1.29, 1.82) is 0 Å². The molecule has 0 fully saturated rings. The van der Waals surface area contributed by atoms with Gasteiger partial charge in [-0.25, -0.2) is 0 Å². The Morgan fingerprint density at radius 1 is 1.35 bits per heavy atom. The number of hydrogen-bond acceptors (Lipinski definition) is 3. The zero-order valence-corrected chi connectivity index (χ0v) is 10.9. The lowest BCUT2D eigenvalue weighted by Gasteiger charge is -2.15. The van der Waals surface area contributed by atoms with Gasteiger partial charge in [-0.3, -0.25) is 4.68 Å². The van der Waals surface area contributed by atoms with Crippen molar-refractivity contribution in [2.45, 2.75) is 0 Å². The monoisotopic (exact) mass is 250 g/mol. The van der Waals surface area contributed by atoms with Gasteiger partial charge in [0.15, 0.2) is 0 Å². The summed E-state index contributed by atoms with van der Waals surface area (Å²) in [6.07, 6.45) is 1.76. The molecule has 0 spiro atoms. The lowest BCUT2D eigenvalue weighted by molar-refractivity contribution is 0.779. The number of anilines is 2. The largest absolute Gasteiger partial charge is 0.383 e. The number of rotatable bonds is 2. The van der Waals surface area contributed by atoms with E-state index in [1.165, 1.54) is 0 Å². The Kier molecular flexibility index (Phi) is 2.98. The van der Waals surface area contributed by atoms with Gasteiger partial charge < -0.3 is 10.6 Å². The van der Waals surface area contributed by atoms with Crippen LogP contribution in [0.4, 0.5) is 11.5 Å². The number of nitrogens with two attached hydrogens (primary N) is 1. The molecule has 0 aliphatic rings. The SMILES string of the molecule is CN(C)c1cc(-c2cnn(C)c2N)ccc1Cl. The van der Waals surface area contributed by atoms with Crippen molar-refractivity contribution in [3.63, 3.8) is 0 Å². The van der Waals surface area contributed by atoms with E-state index in [1.807, 2.05) is 44.2 Å². The average molecular weight is 251 g/mol. The molecule has 0 aliphatic carbocycles. The van der Waals surface area contributed by atoms with Crippen LogP contribution in [0.2, 0.25) is 5.02 Å². The third-order valence-corrected chi connectivity index (χ3v) is 3.04. The molecule has 0 aliphatic heterocycles. The highest BCUT2D eigenvalue weighted by molar-refractivity contribution is 6.33. The van der Waals surface area contributed by atoms with Crippen molar-refractivity contribution in [3.05, 3.63) is 29.4 Å². The van der Waals surface area contributed by atoms with Gasteiger partial charge in [0.1, 0.15) is 5.82 Å². The lowest BCUT2D eigenvalue weighted by atomic mass is 10.1. The molecule has 1 heterocycles. The molecule has 17 heavy (non-hydrogen) atoms. The highest BCUT2D eigenvalue weighted by Crippen LogP contribution is 2.32. The highest BCUT2D eigenvalue weighted by Gasteiger charge is 2.10. The molecule has 1 aromatic carbocycles. The lowest BCUT2D eigenvalue weighted by Crippen LogP contribution is -2.09. The molecule has 0 radical (unpaired) electrons. The molecule has 1 aromatic heterocycles. The summed E-state index contributed by atoms with van der Waals surface area (Å²) in [5, 5.41) is 4.86. The van der Waals surface area contributed by atoms with Crippen LogP contribution < -0.4 is 10.6 Å². The highest BCUT2D eigenvalue weighted by atomic mass is 35.5. The quantitative estimate of drug-likeness (QED) is 0.890. The first-order chi connectivity index (χ1) is 8.00. The van der Waals surface area contributed by atoms with E-state index in [-0.39, 0.29) is 0 Å². The number of halogens is 1. The minimum absolute atomic E-state index is 0.650. The molecule has 90 valence electrons. The first-order valence-corrected chi connectivity index (χ1v) is 5.63. The number of hydrogen-bond donors (Lipinski definition) is 1. The summed E-state index contributed by atoms with van der Waals surface area (Å²) in [5.41, 5.74) is 8.86. The zero-order valence-electron chi connectivity index (χ0n) is 10.1. The topological polar surface area (TPSA) is 47.1 Å². The predicted octanol–water partition coefficient (Wildman–Crippen LogP) is 2.39. The summed E-state index contributed by atoms with van der Waals surface area (Å²) in [6, 6.07) is 5.83. The molecule has 0 saturated heterocycles. The molecular formula is C12H15ClN4. The summed E-state index contributed by atoms with van der Waals surface area (Å²) in [7, 11) is 5.73. The Balaban J connectivity index is 2.54. The van der Waals surface area contributed by atoms with E-state index in [2.05, 4.69) is 5.10 Å². The van der Waals surface area contributed by atoms with Crippen LogP contribution in [0.5, 0.6) is 0 Å². The number of nitrogens with zero attached hydrogens (tertiary/aromatic N) is 3. The van der Waals surface area contributed by atoms with Crippen LogP contribution >= 0.6 is 11.6 Å². The van der Waals surface area contributed by atoms with E-state index >= 15 is 0 Å². The second-order valence-electron chi connectivity index (χ2n) is 4.13. The van der Waals surface area contributed by atoms with E-state index in [0.717, 1.165) is 21.8 Å². The molecule has 0 unspecified atom stereocenters. The Hall–Kier alpha value is -1.68. The van der Waals surface area contributed by atoms with Crippen molar-refractivity contribution < 1.29 is 0 Å².